The van der Waals surface area contributed by atoms with Crippen molar-refractivity contribution in [3.05, 3.63) is 82.1 Å². The van der Waals surface area contributed by atoms with Gasteiger partial charge in [-0.05, 0) is 36.8 Å². The minimum Gasteiger partial charge on any atom is -0.473 e. The Bertz CT molecular complexity index is 1730. The molecule has 7 rings (SSSR count). The monoisotopic (exact) mass is 639 g/mol. The minimum atomic E-state index is -0.604. The summed E-state index contributed by atoms with van der Waals surface area (Å²) in [6.45, 7) is 4.10. The second-order valence-corrected chi connectivity index (χ2v) is 11.9. The first-order valence-electron chi connectivity index (χ1n) is 14.9. The summed E-state index contributed by atoms with van der Waals surface area (Å²) < 4.78 is 53.8. The van der Waals surface area contributed by atoms with Crippen molar-refractivity contribution in [2.75, 3.05) is 44.9 Å². The van der Waals surface area contributed by atoms with Crippen molar-refractivity contribution in [3.63, 3.8) is 0 Å². The van der Waals surface area contributed by atoms with Gasteiger partial charge in [-0.3, -0.25) is 4.90 Å². The van der Waals surface area contributed by atoms with Crippen molar-refractivity contribution >= 4 is 34.4 Å². The third-order valence-electron chi connectivity index (χ3n) is 8.74. The number of methoxy groups -OCH3 is 1. The van der Waals surface area contributed by atoms with Gasteiger partial charge in [-0.2, -0.15) is 4.98 Å². The highest BCUT2D eigenvalue weighted by Gasteiger charge is 2.42. The van der Waals surface area contributed by atoms with Crippen LogP contribution >= 0.6 is 11.6 Å². The summed E-state index contributed by atoms with van der Waals surface area (Å²) >= 11 is 5.87. The number of piperazine rings is 1. The topological polar surface area (TPSA) is 91.2 Å². The summed E-state index contributed by atoms with van der Waals surface area (Å²) in [5, 5.41) is 0.327. The van der Waals surface area contributed by atoms with Crippen LogP contribution in [0.3, 0.4) is 0 Å². The molecule has 0 N–H and O–H groups in total. The third kappa shape index (κ3) is 5.95. The van der Waals surface area contributed by atoms with Gasteiger partial charge in [0.05, 0.1) is 62.7 Å². The van der Waals surface area contributed by atoms with Crippen LogP contribution in [0.15, 0.2) is 48.5 Å². The number of hydrogen-bond donors (Lipinski definition) is 0. The number of benzene rings is 2. The molecule has 3 aliphatic rings. The highest BCUT2D eigenvalue weighted by molar-refractivity contribution is 6.30. The van der Waals surface area contributed by atoms with Gasteiger partial charge in [0, 0.05) is 36.3 Å². The number of ether oxygens (including phenoxy) is 4. The zero-order chi connectivity index (χ0) is 31.1. The maximum atomic E-state index is 15.2. The summed E-state index contributed by atoms with van der Waals surface area (Å²) in [6, 6.07) is 12.9. The van der Waals surface area contributed by atoms with Crippen molar-refractivity contribution < 1.29 is 32.5 Å². The van der Waals surface area contributed by atoms with Gasteiger partial charge in [0.2, 0.25) is 5.88 Å². The average molecular weight is 640 g/mol. The van der Waals surface area contributed by atoms with E-state index in [0.29, 0.717) is 73.8 Å². The summed E-state index contributed by atoms with van der Waals surface area (Å²) in [4.78, 5) is 26.2. The van der Waals surface area contributed by atoms with Gasteiger partial charge >= 0.3 is 5.97 Å². The van der Waals surface area contributed by atoms with E-state index in [1.165, 1.54) is 19.2 Å². The third-order valence-corrected chi connectivity index (χ3v) is 8.98. The number of halogens is 3. The van der Waals surface area contributed by atoms with E-state index in [9.17, 15) is 9.18 Å². The average Bonchev–Trinajstić information content (AvgIpc) is 3.64. The number of aromatic nitrogens is 3. The normalized spacial score (nSPS) is 21.5. The second-order valence-electron chi connectivity index (χ2n) is 11.4. The Balaban J connectivity index is 1.11. The minimum absolute atomic E-state index is 0.00200. The number of hydrogen-bond acceptors (Lipinski definition) is 9. The molecule has 3 atom stereocenters. The highest BCUT2D eigenvalue weighted by Crippen LogP contribution is 2.31. The van der Waals surface area contributed by atoms with Crippen LogP contribution in [0.1, 0.15) is 28.2 Å². The van der Waals surface area contributed by atoms with Crippen LogP contribution in [0.2, 0.25) is 5.02 Å². The molecule has 0 aliphatic carbocycles. The number of fused-ring (bicyclic) bond motifs is 2. The van der Waals surface area contributed by atoms with Crippen molar-refractivity contribution in [2.45, 2.75) is 44.3 Å². The quantitative estimate of drug-likeness (QED) is 0.244. The number of carbonyl (C=O) groups excluding carboxylic acids is 1. The summed E-state index contributed by atoms with van der Waals surface area (Å²) in [7, 11) is 1.27. The van der Waals surface area contributed by atoms with Gasteiger partial charge in [-0.25, -0.2) is 18.6 Å². The fraction of sp³-hybridized carbons (Fsp3) is 0.406. The molecule has 0 amide bonds. The number of pyridine rings is 1. The first-order valence-corrected chi connectivity index (χ1v) is 15.3. The predicted octanol–water partition coefficient (Wildman–Crippen LogP) is 4.61. The smallest absolute Gasteiger partial charge is 0.338 e. The van der Waals surface area contributed by atoms with Crippen LogP contribution in [-0.2, 0) is 33.9 Å². The van der Waals surface area contributed by atoms with Crippen molar-refractivity contribution in [3.8, 4) is 5.88 Å². The number of esters is 1. The van der Waals surface area contributed by atoms with Crippen LogP contribution in [0.4, 0.5) is 14.6 Å². The van der Waals surface area contributed by atoms with E-state index in [1.54, 1.807) is 24.3 Å². The molecule has 0 bridgehead atoms. The Morgan fingerprint density at radius 3 is 2.69 bits per heavy atom. The zero-order valence-corrected chi connectivity index (χ0v) is 25.4. The van der Waals surface area contributed by atoms with E-state index in [2.05, 4.69) is 9.80 Å². The van der Waals surface area contributed by atoms with Gasteiger partial charge in [0.15, 0.2) is 5.82 Å². The van der Waals surface area contributed by atoms with E-state index in [4.69, 9.17) is 40.5 Å². The van der Waals surface area contributed by atoms with Gasteiger partial charge in [-0.1, -0.05) is 23.7 Å². The molecule has 4 aromatic rings. The lowest BCUT2D eigenvalue weighted by Gasteiger charge is -2.44. The molecule has 13 heteroatoms. The molecule has 3 aliphatic heterocycles. The molecule has 10 nitrogen and oxygen atoms in total. The molecule has 0 radical (unpaired) electrons. The Morgan fingerprint density at radius 2 is 1.91 bits per heavy atom. The van der Waals surface area contributed by atoms with E-state index < -0.39 is 17.6 Å². The van der Waals surface area contributed by atoms with Gasteiger partial charge in [0.1, 0.15) is 29.6 Å². The lowest BCUT2D eigenvalue weighted by Crippen LogP contribution is -2.59. The molecule has 45 heavy (non-hydrogen) atoms. The summed E-state index contributed by atoms with van der Waals surface area (Å²) in [5.74, 6) is 0.231. The van der Waals surface area contributed by atoms with E-state index in [0.717, 1.165) is 12.2 Å². The summed E-state index contributed by atoms with van der Waals surface area (Å²) in [6.07, 6.45) is 0.905. The fourth-order valence-corrected chi connectivity index (χ4v) is 6.42. The van der Waals surface area contributed by atoms with Gasteiger partial charge < -0.3 is 28.4 Å². The molecular formula is C32H32ClF2N5O5. The molecule has 0 spiro atoms. The number of imidazole rings is 1. The molecule has 236 valence electrons. The van der Waals surface area contributed by atoms with Crippen molar-refractivity contribution in [1.29, 1.82) is 0 Å². The Labute approximate surface area is 263 Å². The van der Waals surface area contributed by atoms with E-state index >= 15 is 4.39 Å². The van der Waals surface area contributed by atoms with Crippen LogP contribution in [0.5, 0.6) is 5.88 Å². The maximum Gasteiger partial charge on any atom is 0.338 e. The largest absolute Gasteiger partial charge is 0.473 e. The number of rotatable bonds is 9. The molecule has 3 saturated heterocycles. The molecule has 0 saturated carbocycles. The lowest BCUT2D eigenvalue weighted by molar-refractivity contribution is -0.0592. The summed E-state index contributed by atoms with van der Waals surface area (Å²) in [5.41, 5.74) is 1.29. The van der Waals surface area contributed by atoms with Crippen molar-refractivity contribution in [2.24, 2.45) is 0 Å². The van der Waals surface area contributed by atoms with Gasteiger partial charge in [-0.15, -0.1) is 0 Å². The Hall–Kier alpha value is -3.84. The fourth-order valence-electron chi connectivity index (χ4n) is 6.26. The highest BCUT2D eigenvalue weighted by atomic mass is 35.5. The molecule has 5 heterocycles. The predicted molar refractivity (Wildman–Crippen MR) is 162 cm³/mol. The van der Waals surface area contributed by atoms with Crippen LogP contribution in [0, 0.1) is 11.6 Å². The first kappa shape index (κ1) is 29.8. The number of nitrogens with zero attached hydrogens (tertiary/aromatic N) is 5. The van der Waals surface area contributed by atoms with E-state index in [1.807, 2.05) is 16.7 Å². The zero-order valence-electron chi connectivity index (χ0n) is 24.6. The maximum absolute atomic E-state index is 15.2. The van der Waals surface area contributed by atoms with E-state index in [-0.39, 0.29) is 35.9 Å². The molecule has 2 aromatic heterocycles. The molecule has 2 aromatic carbocycles. The lowest BCUT2D eigenvalue weighted by atomic mass is 10.0. The Morgan fingerprint density at radius 1 is 1.07 bits per heavy atom. The van der Waals surface area contributed by atoms with Crippen LogP contribution in [-0.4, -0.2) is 83.6 Å². The van der Waals surface area contributed by atoms with Crippen LogP contribution in [0.25, 0.3) is 11.0 Å². The number of anilines is 1. The van der Waals surface area contributed by atoms with Crippen LogP contribution < -0.4 is 9.64 Å². The SMILES string of the molecule is COC(=O)c1cc(F)c2nc(CN3CCN(c4cccc(OCc5ccc(Cl)cc5F)n4)[C@H]4COC[C@H]43)n(C[C@@H]3CCO3)c2c1. The second kappa shape index (κ2) is 12.5. The molecular weight excluding hydrogens is 608 g/mol. The molecule has 0 unspecified atom stereocenters. The van der Waals surface area contributed by atoms with Gasteiger partial charge in [0.25, 0.3) is 0 Å². The van der Waals surface area contributed by atoms with Crippen molar-refractivity contribution in [1.82, 2.24) is 19.4 Å². The Kier molecular flexibility index (Phi) is 8.30. The number of carbonyl (C=O) groups is 1. The first-order chi connectivity index (χ1) is 21.9. The molecule has 3 fully saturated rings. The standard InChI is InChI=1S/C32H32ClF2N5O5/c1-42-32(41)20-11-24(35)31-25(12-20)40(14-22-7-10-44-22)29(37-31)15-38-8-9-39(27-18-43-17-26(27)38)28-3-2-4-30(36-28)45-16-19-5-6-21(33)13-23(19)34/h2-6,11-13,22,26-27H,7-10,14-18H2,1H3/t22-,26+,27-/m0/s1.